The number of amides is 1. The molecule has 4 heteroatoms. The number of rotatable bonds is 7. The summed E-state index contributed by atoms with van der Waals surface area (Å²) >= 11 is 0. The van der Waals surface area contributed by atoms with Gasteiger partial charge in [0.25, 0.3) is 0 Å². The molecule has 0 unspecified atom stereocenters. The maximum Gasteiger partial charge on any atom is 0.244 e. The lowest BCUT2D eigenvalue weighted by Crippen LogP contribution is -2.23. The number of para-hydroxylation sites is 2. The van der Waals surface area contributed by atoms with Gasteiger partial charge in [-0.05, 0) is 36.1 Å². The molecule has 0 saturated carbocycles. The summed E-state index contributed by atoms with van der Waals surface area (Å²) in [5.41, 5.74) is 3.10. The van der Waals surface area contributed by atoms with Gasteiger partial charge in [-0.2, -0.15) is 0 Å². The predicted octanol–water partition coefficient (Wildman–Crippen LogP) is 4.41. The van der Waals surface area contributed by atoms with Gasteiger partial charge in [0.2, 0.25) is 5.91 Å². The second-order valence-corrected chi connectivity index (χ2v) is 6.81. The minimum absolute atomic E-state index is 0.115. The molecular formula is C22H25N3O. The number of carbonyl (C=O) groups excluding carboxylic acids is 1. The molecule has 0 aliphatic rings. The quantitative estimate of drug-likeness (QED) is 0.644. The highest BCUT2D eigenvalue weighted by Crippen LogP contribution is 2.17. The zero-order chi connectivity index (χ0) is 18.4. The third-order valence-electron chi connectivity index (χ3n) is 4.31. The molecule has 0 radical (unpaired) electrons. The minimum Gasteiger partial charge on any atom is -0.345 e. The summed E-state index contributed by atoms with van der Waals surface area (Å²) in [5.74, 6) is 1.40. The smallest absolute Gasteiger partial charge is 0.244 e. The van der Waals surface area contributed by atoms with E-state index in [1.165, 1.54) is 0 Å². The van der Waals surface area contributed by atoms with Crippen LogP contribution in [-0.2, 0) is 17.9 Å². The molecule has 0 atom stereocenters. The monoisotopic (exact) mass is 347 g/mol. The first-order valence-corrected chi connectivity index (χ1v) is 9.08. The van der Waals surface area contributed by atoms with Crippen molar-refractivity contribution in [2.24, 2.45) is 5.92 Å². The number of nitrogens with one attached hydrogen (secondary N) is 1. The summed E-state index contributed by atoms with van der Waals surface area (Å²) in [5, 5.41) is 2.95. The number of hydrogen-bond acceptors (Lipinski definition) is 2. The summed E-state index contributed by atoms with van der Waals surface area (Å²) in [4.78, 5) is 16.9. The van der Waals surface area contributed by atoms with Crippen molar-refractivity contribution in [2.75, 3.05) is 0 Å². The maximum absolute atomic E-state index is 12.1. The lowest BCUT2D eigenvalue weighted by molar-refractivity contribution is -0.116. The average molecular weight is 347 g/mol. The molecule has 0 aliphatic heterocycles. The molecule has 0 saturated heterocycles. The van der Waals surface area contributed by atoms with Crippen molar-refractivity contribution in [3.8, 4) is 0 Å². The van der Waals surface area contributed by atoms with E-state index in [-0.39, 0.29) is 5.91 Å². The Hall–Kier alpha value is -2.88. The molecule has 3 rings (SSSR count). The van der Waals surface area contributed by atoms with Gasteiger partial charge in [-0.3, -0.25) is 4.79 Å². The lowest BCUT2D eigenvalue weighted by atomic mass is 10.1. The van der Waals surface area contributed by atoms with Gasteiger partial charge in [-0.1, -0.05) is 56.3 Å². The van der Waals surface area contributed by atoms with Crippen molar-refractivity contribution in [2.45, 2.75) is 33.4 Å². The highest BCUT2D eigenvalue weighted by molar-refractivity contribution is 5.91. The Balaban J connectivity index is 1.70. The molecule has 1 heterocycles. The van der Waals surface area contributed by atoms with E-state index in [9.17, 15) is 4.79 Å². The molecule has 1 N–H and O–H groups in total. The second-order valence-electron chi connectivity index (χ2n) is 6.81. The molecule has 134 valence electrons. The molecule has 4 nitrogen and oxygen atoms in total. The predicted molar refractivity (Wildman–Crippen MR) is 107 cm³/mol. The van der Waals surface area contributed by atoms with E-state index in [1.54, 1.807) is 6.08 Å². The van der Waals surface area contributed by atoms with Crippen LogP contribution in [0.2, 0.25) is 0 Å². The van der Waals surface area contributed by atoms with Gasteiger partial charge in [0.15, 0.2) is 0 Å². The molecule has 0 aliphatic carbocycles. The first kappa shape index (κ1) is 17.9. The van der Waals surface area contributed by atoms with Crippen molar-refractivity contribution in [1.82, 2.24) is 14.9 Å². The van der Waals surface area contributed by atoms with E-state index in [4.69, 9.17) is 4.98 Å². The van der Waals surface area contributed by atoms with Crippen LogP contribution in [0.1, 0.15) is 31.7 Å². The highest BCUT2D eigenvalue weighted by Gasteiger charge is 2.11. The summed E-state index contributed by atoms with van der Waals surface area (Å²) in [6.07, 6.45) is 4.46. The first-order chi connectivity index (χ1) is 12.6. The van der Waals surface area contributed by atoms with Gasteiger partial charge < -0.3 is 9.88 Å². The Morgan fingerprint density at radius 2 is 1.85 bits per heavy atom. The van der Waals surface area contributed by atoms with E-state index >= 15 is 0 Å². The average Bonchev–Trinajstić information content (AvgIpc) is 3.01. The number of aryl methyl sites for hydroxylation is 1. The summed E-state index contributed by atoms with van der Waals surface area (Å²) in [7, 11) is 0. The first-order valence-electron chi connectivity index (χ1n) is 9.08. The van der Waals surface area contributed by atoms with Gasteiger partial charge in [-0.15, -0.1) is 0 Å². The van der Waals surface area contributed by atoms with Gasteiger partial charge in [0, 0.05) is 12.6 Å². The molecular weight excluding hydrogens is 322 g/mol. The van der Waals surface area contributed by atoms with E-state index in [1.807, 2.05) is 54.6 Å². The minimum atomic E-state index is -0.115. The summed E-state index contributed by atoms with van der Waals surface area (Å²) in [6, 6.07) is 17.9. The topological polar surface area (TPSA) is 46.9 Å². The summed E-state index contributed by atoms with van der Waals surface area (Å²) < 4.78 is 2.22. The zero-order valence-electron chi connectivity index (χ0n) is 15.4. The second kappa shape index (κ2) is 8.48. The number of benzene rings is 2. The van der Waals surface area contributed by atoms with Crippen molar-refractivity contribution in [3.63, 3.8) is 0 Å². The summed E-state index contributed by atoms with van der Waals surface area (Å²) in [6.45, 7) is 5.76. The maximum atomic E-state index is 12.1. The van der Waals surface area contributed by atoms with E-state index < -0.39 is 0 Å². The lowest BCUT2D eigenvalue weighted by Gasteiger charge is -2.11. The Morgan fingerprint density at radius 1 is 1.12 bits per heavy atom. The zero-order valence-corrected chi connectivity index (χ0v) is 15.4. The number of hydrogen-bond donors (Lipinski definition) is 1. The van der Waals surface area contributed by atoms with Crippen LogP contribution in [0.15, 0.2) is 60.7 Å². The van der Waals surface area contributed by atoms with Crippen molar-refractivity contribution in [3.05, 3.63) is 72.1 Å². The number of nitrogens with zero attached hydrogens (tertiary/aromatic N) is 2. The fraction of sp³-hybridized carbons (Fsp3) is 0.273. The number of carbonyl (C=O) groups is 1. The number of imidazole rings is 1. The fourth-order valence-corrected chi connectivity index (χ4v) is 2.86. The normalized spacial score (nSPS) is 11.5. The Bertz CT molecular complexity index is 894. The Morgan fingerprint density at radius 3 is 2.62 bits per heavy atom. The van der Waals surface area contributed by atoms with Crippen molar-refractivity contribution >= 4 is 23.0 Å². The van der Waals surface area contributed by atoms with E-state index in [0.717, 1.165) is 35.4 Å². The number of aromatic nitrogens is 2. The van der Waals surface area contributed by atoms with Crippen LogP contribution in [0.5, 0.6) is 0 Å². The van der Waals surface area contributed by atoms with Crippen LogP contribution < -0.4 is 5.32 Å². The Kier molecular flexibility index (Phi) is 5.84. The molecule has 0 spiro atoms. The standard InChI is InChI=1S/C22H25N3O/c1-17(2)14-15-25-20-11-7-6-10-19(20)24-21(25)16-23-22(26)13-12-18-8-4-3-5-9-18/h3-13,17H,14-16H2,1-2H3,(H,23,26)/b13-12-. The van der Waals surface area contributed by atoms with Crippen molar-refractivity contribution < 1.29 is 4.79 Å². The van der Waals surface area contributed by atoms with Crippen LogP contribution in [-0.4, -0.2) is 15.5 Å². The largest absolute Gasteiger partial charge is 0.345 e. The molecule has 26 heavy (non-hydrogen) atoms. The van der Waals surface area contributed by atoms with E-state index in [0.29, 0.717) is 12.5 Å². The molecule has 1 amide bonds. The van der Waals surface area contributed by atoms with Crippen molar-refractivity contribution in [1.29, 1.82) is 0 Å². The van der Waals surface area contributed by atoms with Crippen LogP contribution >= 0.6 is 0 Å². The van der Waals surface area contributed by atoms with Crippen LogP contribution in [0.3, 0.4) is 0 Å². The van der Waals surface area contributed by atoms with E-state index in [2.05, 4.69) is 29.8 Å². The molecule has 0 fully saturated rings. The van der Waals surface area contributed by atoms with Gasteiger partial charge >= 0.3 is 0 Å². The van der Waals surface area contributed by atoms with Crippen LogP contribution in [0.4, 0.5) is 0 Å². The van der Waals surface area contributed by atoms with Crippen LogP contribution in [0, 0.1) is 5.92 Å². The third kappa shape index (κ3) is 4.60. The molecule has 2 aromatic carbocycles. The van der Waals surface area contributed by atoms with Gasteiger partial charge in [0.05, 0.1) is 17.6 Å². The SMILES string of the molecule is CC(C)CCn1c(CNC(=O)/C=C\c2ccccc2)nc2ccccc21. The third-order valence-corrected chi connectivity index (χ3v) is 4.31. The molecule has 3 aromatic rings. The molecule has 1 aromatic heterocycles. The van der Waals surface area contributed by atoms with Gasteiger partial charge in [-0.25, -0.2) is 4.98 Å². The van der Waals surface area contributed by atoms with Gasteiger partial charge in [0.1, 0.15) is 5.82 Å². The molecule has 0 bridgehead atoms. The highest BCUT2D eigenvalue weighted by atomic mass is 16.1. The van der Waals surface area contributed by atoms with Crippen LogP contribution in [0.25, 0.3) is 17.1 Å². The Labute approximate surface area is 154 Å². The fourth-order valence-electron chi connectivity index (χ4n) is 2.86. The number of fused-ring (bicyclic) bond motifs is 1.